The molecule has 1 atom stereocenters. The Morgan fingerprint density at radius 2 is 2.04 bits per heavy atom. The molecule has 24 heavy (non-hydrogen) atoms. The second-order valence-corrected chi connectivity index (χ2v) is 6.62. The van der Waals surface area contributed by atoms with Crippen molar-refractivity contribution in [1.82, 2.24) is 4.90 Å². The Kier molecular flexibility index (Phi) is 4.76. The Hall–Kier alpha value is -2.08. The first-order chi connectivity index (χ1) is 11.6. The highest BCUT2D eigenvalue weighted by Crippen LogP contribution is 2.59. The van der Waals surface area contributed by atoms with Crippen molar-refractivity contribution in [2.45, 2.75) is 19.3 Å². The van der Waals surface area contributed by atoms with Gasteiger partial charge in [-0.3, -0.25) is 9.59 Å². The lowest BCUT2D eigenvalue weighted by Gasteiger charge is -2.32. The van der Waals surface area contributed by atoms with E-state index in [9.17, 15) is 9.59 Å². The van der Waals surface area contributed by atoms with Crippen LogP contribution in [0.1, 0.15) is 29.6 Å². The number of ether oxygens (including phenoxy) is 2. The Morgan fingerprint density at radius 1 is 1.29 bits per heavy atom. The predicted octanol–water partition coefficient (Wildman–Crippen LogP) is 2.04. The molecule has 1 aliphatic heterocycles. The Morgan fingerprint density at radius 3 is 2.67 bits per heavy atom. The largest absolute Gasteiger partial charge is 0.491 e. The van der Waals surface area contributed by atoms with Gasteiger partial charge in [0.25, 0.3) is 5.91 Å². The van der Waals surface area contributed by atoms with E-state index in [2.05, 4.69) is 0 Å². The number of hydrogen-bond donors (Lipinski definition) is 1. The monoisotopic (exact) mass is 333 g/mol. The van der Waals surface area contributed by atoms with Crippen molar-refractivity contribution in [3.63, 3.8) is 0 Å². The molecule has 1 aromatic carbocycles. The second kappa shape index (κ2) is 6.81. The van der Waals surface area contributed by atoms with E-state index in [4.69, 9.17) is 14.6 Å². The van der Waals surface area contributed by atoms with Gasteiger partial charge >= 0.3 is 5.97 Å². The van der Waals surface area contributed by atoms with E-state index in [-0.39, 0.29) is 17.2 Å². The van der Waals surface area contributed by atoms with Crippen molar-refractivity contribution in [1.29, 1.82) is 0 Å². The minimum Gasteiger partial charge on any atom is -0.491 e. The summed E-state index contributed by atoms with van der Waals surface area (Å²) in [6.07, 6.45) is 2.31. The van der Waals surface area contributed by atoms with Crippen LogP contribution in [0.3, 0.4) is 0 Å². The lowest BCUT2D eigenvalue weighted by atomic mass is 9.90. The molecule has 3 rings (SSSR count). The van der Waals surface area contributed by atoms with Crippen LogP contribution in [0.15, 0.2) is 24.3 Å². The lowest BCUT2D eigenvalue weighted by molar-refractivity contribution is -0.139. The Labute approximate surface area is 141 Å². The number of carboxylic acids is 1. The van der Waals surface area contributed by atoms with Crippen molar-refractivity contribution in [3.8, 4) is 5.75 Å². The van der Waals surface area contributed by atoms with Gasteiger partial charge in [-0.2, -0.15) is 0 Å². The molecule has 2 fully saturated rings. The van der Waals surface area contributed by atoms with E-state index >= 15 is 0 Å². The number of carbonyl (C=O) groups excluding carboxylic acids is 1. The lowest BCUT2D eigenvalue weighted by Crippen LogP contribution is -2.40. The topological polar surface area (TPSA) is 76.1 Å². The predicted molar refractivity (Wildman–Crippen MR) is 87.1 cm³/mol. The molecule has 1 amide bonds. The van der Waals surface area contributed by atoms with Crippen molar-refractivity contribution < 1.29 is 24.2 Å². The summed E-state index contributed by atoms with van der Waals surface area (Å²) in [4.78, 5) is 25.6. The van der Waals surface area contributed by atoms with Crippen LogP contribution in [0.5, 0.6) is 5.75 Å². The third-order valence-corrected chi connectivity index (χ3v) is 5.17. The highest BCUT2D eigenvalue weighted by molar-refractivity contribution is 5.94. The molecule has 6 heteroatoms. The van der Waals surface area contributed by atoms with Gasteiger partial charge in [0.2, 0.25) is 0 Å². The van der Waals surface area contributed by atoms with Gasteiger partial charge < -0.3 is 19.5 Å². The molecule has 0 radical (unpaired) electrons. The number of aliphatic carboxylic acids is 1. The third-order valence-electron chi connectivity index (χ3n) is 5.17. The van der Waals surface area contributed by atoms with E-state index in [1.165, 1.54) is 0 Å². The van der Waals surface area contributed by atoms with Crippen LogP contribution in [0, 0.1) is 11.3 Å². The molecule has 1 saturated carbocycles. The highest BCUT2D eigenvalue weighted by Gasteiger charge is 2.59. The number of hydrogen-bond acceptors (Lipinski definition) is 4. The van der Waals surface area contributed by atoms with E-state index in [0.717, 1.165) is 19.3 Å². The van der Waals surface area contributed by atoms with Crippen LogP contribution in [0.4, 0.5) is 0 Å². The molecule has 1 N–H and O–H groups in total. The minimum absolute atomic E-state index is 0.0189. The van der Waals surface area contributed by atoms with Crippen molar-refractivity contribution in [3.05, 3.63) is 29.8 Å². The zero-order chi connectivity index (χ0) is 17.2. The van der Waals surface area contributed by atoms with Crippen molar-refractivity contribution >= 4 is 11.9 Å². The fourth-order valence-electron chi connectivity index (χ4n) is 3.55. The van der Waals surface area contributed by atoms with Gasteiger partial charge in [-0.15, -0.1) is 0 Å². The van der Waals surface area contributed by atoms with Crippen molar-refractivity contribution in [2.75, 3.05) is 33.4 Å². The highest BCUT2D eigenvalue weighted by atomic mass is 16.5. The zero-order valence-electron chi connectivity index (χ0n) is 13.9. The molecule has 0 bridgehead atoms. The first kappa shape index (κ1) is 16.8. The minimum atomic E-state index is -0.698. The van der Waals surface area contributed by atoms with Crippen LogP contribution in [0.2, 0.25) is 0 Å². The van der Waals surface area contributed by atoms with Gasteiger partial charge in [0.15, 0.2) is 0 Å². The first-order valence-corrected chi connectivity index (χ1v) is 8.30. The van der Waals surface area contributed by atoms with E-state index in [1.807, 2.05) is 17.0 Å². The number of carbonyl (C=O) groups is 2. The van der Waals surface area contributed by atoms with Crippen LogP contribution < -0.4 is 4.74 Å². The molecule has 1 heterocycles. The summed E-state index contributed by atoms with van der Waals surface area (Å²) in [6, 6.07) is 7.16. The molecule has 1 unspecified atom stereocenters. The van der Waals surface area contributed by atoms with Gasteiger partial charge in [-0.25, -0.2) is 0 Å². The molecular formula is C18H23NO5. The standard InChI is InChI=1S/C18H23NO5/c1-23-9-10-24-14-4-2-3-13(11-14)16(20)19-7-5-18(6-8-19)12-15(18)17(21)22/h2-4,11,15H,5-10,12H2,1H3,(H,21,22). The fraction of sp³-hybridized carbons (Fsp3) is 0.556. The van der Waals surface area contributed by atoms with Crippen LogP contribution in [0.25, 0.3) is 0 Å². The number of rotatable bonds is 6. The number of amides is 1. The fourth-order valence-corrected chi connectivity index (χ4v) is 3.55. The van der Waals surface area contributed by atoms with Crippen molar-refractivity contribution in [2.24, 2.45) is 11.3 Å². The van der Waals surface area contributed by atoms with E-state index in [0.29, 0.717) is 37.6 Å². The summed E-state index contributed by atoms with van der Waals surface area (Å²) in [5.74, 6) is -0.281. The number of likely N-dealkylation sites (tertiary alicyclic amines) is 1. The molecule has 1 aliphatic carbocycles. The molecule has 0 aromatic heterocycles. The average molecular weight is 333 g/mol. The summed E-state index contributed by atoms with van der Waals surface area (Å²) in [5, 5.41) is 9.14. The van der Waals surface area contributed by atoms with Crippen LogP contribution in [-0.4, -0.2) is 55.3 Å². The maximum atomic E-state index is 12.7. The van der Waals surface area contributed by atoms with Gasteiger partial charge in [-0.1, -0.05) is 6.07 Å². The molecule has 6 nitrogen and oxygen atoms in total. The molecule has 2 aliphatic rings. The number of benzene rings is 1. The van der Waals surface area contributed by atoms with Gasteiger partial charge in [0.05, 0.1) is 12.5 Å². The normalized spacial score (nSPS) is 21.5. The van der Waals surface area contributed by atoms with Gasteiger partial charge in [0.1, 0.15) is 12.4 Å². The Balaban J connectivity index is 1.57. The van der Waals surface area contributed by atoms with Gasteiger partial charge in [-0.05, 0) is 42.9 Å². The zero-order valence-corrected chi connectivity index (χ0v) is 13.9. The summed E-state index contributed by atoms with van der Waals surface area (Å²) in [7, 11) is 1.61. The van der Waals surface area contributed by atoms with Gasteiger partial charge in [0, 0.05) is 25.8 Å². The van der Waals surface area contributed by atoms with E-state index in [1.54, 1.807) is 19.2 Å². The summed E-state index contributed by atoms with van der Waals surface area (Å²) >= 11 is 0. The SMILES string of the molecule is COCCOc1cccc(C(=O)N2CCC3(CC2)CC3C(=O)O)c1. The smallest absolute Gasteiger partial charge is 0.307 e. The summed E-state index contributed by atoms with van der Waals surface area (Å²) < 4.78 is 10.5. The number of nitrogens with zero attached hydrogens (tertiary/aromatic N) is 1. The molecule has 1 saturated heterocycles. The molecular weight excluding hydrogens is 310 g/mol. The number of carboxylic acid groups (broad SMARTS) is 1. The summed E-state index contributed by atoms with van der Waals surface area (Å²) in [5.41, 5.74) is 0.541. The van der Waals surface area contributed by atoms with E-state index < -0.39 is 5.97 Å². The molecule has 1 aromatic rings. The maximum Gasteiger partial charge on any atom is 0.307 e. The average Bonchev–Trinajstić information content (AvgIpc) is 3.29. The van der Waals surface area contributed by atoms with Crippen LogP contribution in [-0.2, 0) is 9.53 Å². The number of methoxy groups -OCH3 is 1. The summed E-state index contributed by atoms with van der Waals surface area (Å²) in [6.45, 7) is 2.18. The molecule has 1 spiro atoms. The second-order valence-electron chi connectivity index (χ2n) is 6.62. The number of piperidine rings is 1. The van der Waals surface area contributed by atoms with Crippen LogP contribution >= 0.6 is 0 Å². The Bertz CT molecular complexity index is 622. The quantitative estimate of drug-likeness (QED) is 0.806. The molecule has 130 valence electrons. The third kappa shape index (κ3) is 3.38. The first-order valence-electron chi connectivity index (χ1n) is 8.30. The maximum absolute atomic E-state index is 12.7.